The van der Waals surface area contributed by atoms with E-state index < -0.39 is 16.1 Å². The quantitative estimate of drug-likeness (QED) is 0.185. The highest BCUT2D eigenvalue weighted by Gasteiger charge is 2.24. The Kier molecular flexibility index (Phi) is 15.1. The number of halogens is 1. The van der Waals surface area contributed by atoms with Crippen LogP contribution in [-0.4, -0.2) is 62.2 Å². The average Bonchev–Trinajstić information content (AvgIpc) is 2.51. The minimum absolute atomic E-state index is 0.657. The maximum atomic E-state index is 5.84. The smallest absolute Gasteiger partial charge is 0.0701 e. The summed E-state index contributed by atoms with van der Waals surface area (Å²) in [6.45, 7) is 13.7. The molecule has 0 aromatic carbocycles. The summed E-state index contributed by atoms with van der Waals surface area (Å²) in [4.78, 5) is 0. The third-order valence-electron chi connectivity index (χ3n) is 4.64. The summed E-state index contributed by atoms with van der Waals surface area (Å²) in [5.74, 6) is 0.827. The Bertz CT molecular complexity index is 289. The third kappa shape index (κ3) is 16.1. The van der Waals surface area contributed by atoms with E-state index in [0.29, 0.717) is 26.4 Å². The van der Waals surface area contributed by atoms with Gasteiger partial charge in [0, 0.05) is 35.7 Å². The lowest BCUT2D eigenvalue weighted by Crippen LogP contribution is -2.29. The van der Waals surface area contributed by atoms with Crippen LogP contribution in [0.15, 0.2) is 0 Å². The summed E-state index contributed by atoms with van der Waals surface area (Å²) in [6.07, 6.45) is 3.83. The van der Waals surface area contributed by atoms with Crippen molar-refractivity contribution >= 4 is 27.7 Å². The standard InChI is InChI=1S/C18H41ClO3Si2/c1-20-11-12-22-14-13-21-10-7-16-24(4,5)18-8-17-23(2,3)15-6-9-19/h6-18H2,1-5H3. The Hall–Kier alpha value is 0.604. The fourth-order valence-electron chi connectivity index (χ4n) is 2.96. The van der Waals surface area contributed by atoms with E-state index in [0.717, 1.165) is 12.5 Å². The van der Waals surface area contributed by atoms with Gasteiger partial charge in [-0.25, -0.2) is 0 Å². The summed E-state index contributed by atoms with van der Waals surface area (Å²) < 4.78 is 16.0. The van der Waals surface area contributed by atoms with Crippen molar-refractivity contribution in [2.45, 2.75) is 69.6 Å². The molecule has 0 radical (unpaired) electrons. The minimum Gasteiger partial charge on any atom is -0.382 e. The molecule has 0 aliphatic heterocycles. The Morgan fingerprint density at radius 3 is 1.62 bits per heavy atom. The maximum absolute atomic E-state index is 5.84. The van der Waals surface area contributed by atoms with Gasteiger partial charge in [0.15, 0.2) is 0 Å². The van der Waals surface area contributed by atoms with Crippen molar-refractivity contribution in [1.82, 2.24) is 0 Å². The van der Waals surface area contributed by atoms with Crippen LogP contribution in [0.4, 0.5) is 0 Å². The highest BCUT2D eigenvalue weighted by molar-refractivity contribution is 6.79. The minimum atomic E-state index is -1.05. The summed E-state index contributed by atoms with van der Waals surface area (Å²) >= 11 is 5.84. The van der Waals surface area contributed by atoms with Gasteiger partial charge in [0.25, 0.3) is 0 Å². The summed E-state index contributed by atoms with van der Waals surface area (Å²) in [6, 6.07) is 5.69. The zero-order valence-electron chi connectivity index (χ0n) is 16.8. The van der Waals surface area contributed by atoms with Crippen LogP contribution in [-0.2, 0) is 14.2 Å². The predicted molar refractivity (Wildman–Crippen MR) is 112 cm³/mol. The third-order valence-corrected chi connectivity index (χ3v) is 11.7. The number of hydrogen-bond acceptors (Lipinski definition) is 3. The van der Waals surface area contributed by atoms with Crippen LogP contribution in [0, 0.1) is 0 Å². The fraction of sp³-hybridized carbons (Fsp3) is 1.00. The lowest BCUT2D eigenvalue weighted by molar-refractivity contribution is 0.0249. The SMILES string of the molecule is COCCOCCOCCC[Si](C)(C)CCC[Si](C)(C)CCCCl. The second-order valence-corrected chi connectivity index (χ2v) is 19.3. The van der Waals surface area contributed by atoms with E-state index >= 15 is 0 Å². The van der Waals surface area contributed by atoms with Gasteiger partial charge in [-0.15, -0.1) is 11.6 Å². The lowest BCUT2D eigenvalue weighted by Gasteiger charge is -2.26. The molecule has 3 nitrogen and oxygen atoms in total. The van der Waals surface area contributed by atoms with E-state index in [1.165, 1.54) is 43.4 Å². The van der Waals surface area contributed by atoms with Gasteiger partial charge in [-0.2, -0.15) is 0 Å². The number of rotatable bonds is 17. The van der Waals surface area contributed by atoms with Gasteiger partial charge >= 0.3 is 0 Å². The van der Waals surface area contributed by atoms with Gasteiger partial charge in [-0.1, -0.05) is 56.8 Å². The molecule has 0 aliphatic carbocycles. The molecule has 0 bridgehead atoms. The topological polar surface area (TPSA) is 27.7 Å². The molecule has 0 heterocycles. The van der Waals surface area contributed by atoms with Crippen molar-refractivity contribution < 1.29 is 14.2 Å². The normalized spacial score (nSPS) is 12.8. The fourth-order valence-corrected chi connectivity index (χ4v) is 8.67. The molecule has 0 atom stereocenters. The molecule has 0 aliphatic rings. The number of methoxy groups -OCH3 is 1. The Morgan fingerprint density at radius 2 is 1.08 bits per heavy atom. The molecule has 146 valence electrons. The Morgan fingerprint density at radius 1 is 0.625 bits per heavy atom. The van der Waals surface area contributed by atoms with Gasteiger partial charge in [-0.3, -0.25) is 0 Å². The van der Waals surface area contributed by atoms with Crippen LogP contribution in [0.2, 0.25) is 50.4 Å². The molecule has 0 saturated carbocycles. The van der Waals surface area contributed by atoms with Gasteiger partial charge < -0.3 is 14.2 Å². The molecular formula is C18H41ClO3Si2. The largest absolute Gasteiger partial charge is 0.382 e. The number of hydrogen-bond donors (Lipinski definition) is 0. The molecule has 24 heavy (non-hydrogen) atoms. The van der Waals surface area contributed by atoms with E-state index in [1.54, 1.807) is 7.11 Å². The molecule has 0 saturated heterocycles. The number of ether oxygens (including phenoxy) is 3. The van der Waals surface area contributed by atoms with Crippen LogP contribution in [0.5, 0.6) is 0 Å². The Balaban J connectivity index is 3.61. The van der Waals surface area contributed by atoms with Crippen LogP contribution < -0.4 is 0 Å². The second kappa shape index (κ2) is 14.7. The first-order valence-corrected chi connectivity index (χ1v) is 16.9. The van der Waals surface area contributed by atoms with Crippen molar-refractivity contribution in [3.8, 4) is 0 Å². The molecule has 0 amide bonds. The summed E-state index contributed by atoms with van der Waals surface area (Å²) in [5, 5.41) is 0. The van der Waals surface area contributed by atoms with Gasteiger partial charge in [-0.05, 0) is 12.8 Å². The van der Waals surface area contributed by atoms with Gasteiger partial charge in [0.05, 0.1) is 26.4 Å². The monoisotopic (exact) mass is 396 g/mol. The first kappa shape index (κ1) is 24.6. The molecule has 0 aromatic heterocycles. The summed E-state index contributed by atoms with van der Waals surface area (Å²) in [5.41, 5.74) is 0. The molecule has 0 spiro atoms. The lowest BCUT2D eigenvalue weighted by atomic mass is 10.5. The van der Waals surface area contributed by atoms with Crippen molar-refractivity contribution in [3.63, 3.8) is 0 Å². The average molecular weight is 397 g/mol. The molecular weight excluding hydrogens is 356 g/mol. The van der Waals surface area contributed by atoms with Crippen LogP contribution in [0.1, 0.15) is 19.3 Å². The molecule has 0 unspecified atom stereocenters. The zero-order chi connectivity index (χ0) is 18.3. The molecule has 0 N–H and O–H groups in total. The first-order chi connectivity index (χ1) is 11.3. The summed E-state index contributed by atoms with van der Waals surface area (Å²) in [7, 11) is -0.360. The van der Waals surface area contributed by atoms with Crippen LogP contribution >= 0.6 is 11.6 Å². The van der Waals surface area contributed by atoms with E-state index in [1.807, 2.05) is 0 Å². The van der Waals surface area contributed by atoms with Crippen molar-refractivity contribution in [2.75, 3.05) is 46.0 Å². The molecule has 6 heteroatoms. The van der Waals surface area contributed by atoms with Crippen LogP contribution in [0.3, 0.4) is 0 Å². The van der Waals surface area contributed by atoms with Crippen molar-refractivity contribution in [3.05, 3.63) is 0 Å². The predicted octanol–water partition coefficient (Wildman–Crippen LogP) is 5.49. The second-order valence-electron chi connectivity index (χ2n) is 8.30. The van der Waals surface area contributed by atoms with Gasteiger partial charge in [0.1, 0.15) is 0 Å². The highest BCUT2D eigenvalue weighted by Crippen LogP contribution is 2.26. The first-order valence-electron chi connectivity index (χ1n) is 9.53. The highest BCUT2D eigenvalue weighted by atomic mass is 35.5. The van der Waals surface area contributed by atoms with E-state index in [9.17, 15) is 0 Å². The Labute approximate surface area is 157 Å². The van der Waals surface area contributed by atoms with E-state index in [2.05, 4.69) is 26.2 Å². The maximum Gasteiger partial charge on any atom is 0.0701 e. The molecule has 0 fully saturated rings. The van der Waals surface area contributed by atoms with Crippen molar-refractivity contribution in [2.24, 2.45) is 0 Å². The molecule has 0 aromatic rings. The van der Waals surface area contributed by atoms with Gasteiger partial charge in [0.2, 0.25) is 0 Å². The van der Waals surface area contributed by atoms with E-state index in [-0.39, 0.29) is 0 Å². The zero-order valence-corrected chi connectivity index (χ0v) is 19.6. The van der Waals surface area contributed by atoms with E-state index in [4.69, 9.17) is 25.8 Å². The van der Waals surface area contributed by atoms with Crippen molar-refractivity contribution in [1.29, 1.82) is 0 Å². The number of alkyl halides is 1. The van der Waals surface area contributed by atoms with Crippen LogP contribution in [0.25, 0.3) is 0 Å². The molecule has 0 rings (SSSR count).